The van der Waals surface area contributed by atoms with Gasteiger partial charge < -0.3 is 5.73 Å². The molecular formula is C13H21N5. The zero-order valence-corrected chi connectivity index (χ0v) is 11.7. The van der Waals surface area contributed by atoms with E-state index in [9.17, 15) is 0 Å². The molecule has 0 spiro atoms. The lowest BCUT2D eigenvalue weighted by Gasteiger charge is -2.17. The van der Waals surface area contributed by atoms with Crippen LogP contribution in [0.15, 0.2) is 12.4 Å². The minimum absolute atomic E-state index is 0.0214. The van der Waals surface area contributed by atoms with Crippen LogP contribution in [0.1, 0.15) is 37.6 Å². The van der Waals surface area contributed by atoms with Crippen LogP contribution in [0.4, 0.5) is 5.82 Å². The molecule has 2 heterocycles. The lowest BCUT2D eigenvalue weighted by molar-refractivity contribution is 0.543. The zero-order chi connectivity index (χ0) is 13.5. The summed E-state index contributed by atoms with van der Waals surface area (Å²) in [7, 11) is 1.94. The molecule has 5 heteroatoms. The van der Waals surface area contributed by atoms with Crippen LogP contribution in [0.3, 0.4) is 0 Å². The number of hydrogen-bond acceptors (Lipinski definition) is 3. The van der Waals surface area contributed by atoms with E-state index < -0.39 is 0 Å². The average Bonchev–Trinajstić information content (AvgIpc) is 2.76. The Labute approximate surface area is 108 Å². The number of nitrogens with zero attached hydrogens (tertiary/aromatic N) is 4. The minimum Gasteiger partial charge on any atom is -0.384 e. The maximum Gasteiger partial charge on any atom is 0.124 e. The van der Waals surface area contributed by atoms with Crippen LogP contribution < -0.4 is 5.73 Å². The molecule has 0 aliphatic carbocycles. The molecule has 0 saturated heterocycles. The summed E-state index contributed by atoms with van der Waals surface area (Å²) in [5.74, 6) is 0.721. The van der Waals surface area contributed by atoms with E-state index in [1.807, 2.05) is 29.5 Å². The molecule has 5 nitrogen and oxygen atoms in total. The highest BCUT2D eigenvalue weighted by Crippen LogP contribution is 2.25. The highest BCUT2D eigenvalue weighted by Gasteiger charge is 2.22. The van der Waals surface area contributed by atoms with Crippen LogP contribution in [-0.2, 0) is 19.0 Å². The van der Waals surface area contributed by atoms with Crippen molar-refractivity contribution >= 4 is 5.82 Å². The molecule has 0 unspecified atom stereocenters. The second kappa shape index (κ2) is 4.15. The molecule has 0 bridgehead atoms. The molecule has 2 aromatic rings. The van der Waals surface area contributed by atoms with Crippen molar-refractivity contribution in [2.24, 2.45) is 7.05 Å². The summed E-state index contributed by atoms with van der Waals surface area (Å²) in [6.45, 7) is 9.12. The summed E-state index contributed by atoms with van der Waals surface area (Å²) in [6.07, 6.45) is 3.83. The topological polar surface area (TPSA) is 61.7 Å². The van der Waals surface area contributed by atoms with Crippen molar-refractivity contribution in [1.29, 1.82) is 0 Å². The van der Waals surface area contributed by atoms with E-state index in [2.05, 4.69) is 31.0 Å². The smallest absolute Gasteiger partial charge is 0.124 e. The van der Waals surface area contributed by atoms with E-state index in [0.717, 1.165) is 17.1 Å². The van der Waals surface area contributed by atoms with E-state index >= 15 is 0 Å². The summed E-state index contributed by atoms with van der Waals surface area (Å²) in [6, 6.07) is 0. The molecule has 2 aromatic heterocycles. The summed E-state index contributed by atoms with van der Waals surface area (Å²) in [5.41, 5.74) is 9.28. The van der Waals surface area contributed by atoms with E-state index in [1.165, 1.54) is 5.56 Å². The number of rotatable bonds is 2. The maximum absolute atomic E-state index is 5.99. The lowest BCUT2D eigenvalue weighted by Crippen LogP contribution is -2.16. The van der Waals surface area contributed by atoms with Crippen molar-refractivity contribution in [3.05, 3.63) is 29.2 Å². The van der Waals surface area contributed by atoms with Gasteiger partial charge in [0.1, 0.15) is 5.82 Å². The largest absolute Gasteiger partial charge is 0.384 e. The number of anilines is 1. The van der Waals surface area contributed by atoms with Gasteiger partial charge in [0.15, 0.2) is 0 Å². The molecule has 0 aromatic carbocycles. The van der Waals surface area contributed by atoms with Crippen molar-refractivity contribution in [3.8, 4) is 0 Å². The molecule has 0 radical (unpaired) electrons. The van der Waals surface area contributed by atoms with Gasteiger partial charge in [-0.1, -0.05) is 20.8 Å². The zero-order valence-electron chi connectivity index (χ0n) is 11.7. The fourth-order valence-electron chi connectivity index (χ4n) is 2.06. The summed E-state index contributed by atoms with van der Waals surface area (Å²) in [4.78, 5) is 0. The van der Waals surface area contributed by atoms with Gasteiger partial charge in [-0.25, -0.2) is 4.68 Å². The highest BCUT2D eigenvalue weighted by atomic mass is 15.3. The Balaban J connectivity index is 2.38. The maximum atomic E-state index is 5.99. The summed E-state index contributed by atoms with van der Waals surface area (Å²) < 4.78 is 3.67. The van der Waals surface area contributed by atoms with Gasteiger partial charge in [0.05, 0.1) is 18.4 Å². The first-order chi connectivity index (χ1) is 8.29. The highest BCUT2D eigenvalue weighted by molar-refractivity contribution is 5.38. The third-order valence-corrected chi connectivity index (χ3v) is 3.01. The summed E-state index contributed by atoms with van der Waals surface area (Å²) >= 11 is 0. The van der Waals surface area contributed by atoms with Gasteiger partial charge in [0.2, 0.25) is 0 Å². The van der Waals surface area contributed by atoms with Crippen molar-refractivity contribution in [1.82, 2.24) is 19.6 Å². The van der Waals surface area contributed by atoms with Gasteiger partial charge in [-0.2, -0.15) is 10.2 Å². The molecule has 2 N–H and O–H groups in total. The standard InChI is InChI=1S/C13H21N5/c1-9-6-15-18(12(9)14)8-10-7-17(5)16-11(10)13(2,3)4/h6-7H,8,14H2,1-5H3. The van der Waals surface area contributed by atoms with E-state index in [0.29, 0.717) is 6.54 Å². The SMILES string of the molecule is Cc1cnn(Cc2cn(C)nc2C(C)(C)C)c1N. The van der Waals surface area contributed by atoms with E-state index in [1.54, 1.807) is 6.20 Å². The first-order valence-corrected chi connectivity index (χ1v) is 6.10. The lowest BCUT2D eigenvalue weighted by atomic mass is 9.89. The van der Waals surface area contributed by atoms with Crippen LogP contribution >= 0.6 is 0 Å². The van der Waals surface area contributed by atoms with Crippen LogP contribution in [0, 0.1) is 6.92 Å². The molecule has 0 aliphatic heterocycles. The Morgan fingerprint density at radius 1 is 1.33 bits per heavy atom. The van der Waals surface area contributed by atoms with Gasteiger partial charge in [-0.05, 0) is 6.92 Å². The Morgan fingerprint density at radius 2 is 2.00 bits per heavy atom. The predicted molar refractivity (Wildman–Crippen MR) is 72.4 cm³/mol. The fraction of sp³-hybridized carbons (Fsp3) is 0.538. The monoisotopic (exact) mass is 247 g/mol. The van der Waals surface area contributed by atoms with Crippen molar-refractivity contribution in [3.63, 3.8) is 0 Å². The molecule has 0 atom stereocenters. The first-order valence-electron chi connectivity index (χ1n) is 6.10. The van der Waals surface area contributed by atoms with Crippen LogP contribution in [-0.4, -0.2) is 19.6 Å². The van der Waals surface area contributed by atoms with Gasteiger partial charge in [0.25, 0.3) is 0 Å². The van der Waals surface area contributed by atoms with Crippen molar-refractivity contribution in [2.45, 2.75) is 39.7 Å². The third kappa shape index (κ3) is 2.25. The molecule has 98 valence electrons. The van der Waals surface area contributed by atoms with E-state index in [-0.39, 0.29) is 5.41 Å². The van der Waals surface area contributed by atoms with Crippen molar-refractivity contribution < 1.29 is 0 Å². The fourth-order valence-corrected chi connectivity index (χ4v) is 2.06. The van der Waals surface area contributed by atoms with E-state index in [4.69, 9.17) is 5.73 Å². The normalized spacial score (nSPS) is 12.1. The van der Waals surface area contributed by atoms with Gasteiger partial charge in [-0.3, -0.25) is 4.68 Å². The Hall–Kier alpha value is -1.78. The first kappa shape index (κ1) is 12.7. The molecule has 0 fully saturated rings. The molecule has 18 heavy (non-hydrogen) atoms. The Bertz CT molecular complexity index is 556. The molecule has 0 aliphatic rings. The summed E-state index contributed by atoms with van der Waals surface area (Å²) in [5, 5.41) is 8.85. The molecular weight excluding hydrogens is 226 g/mol. The number of nitrogen functional groups attached to an aromatic ring is 1. The number of nitrogens with two attached hydrogens (primary N) is 1. The average molecular weight is 247 g/mol. The quantitative estimate of drug-likeness (QED) is 0.881. The van der Waals surface area contributed by atoms with Gasteiger partial charge >= 0.3 is 0 Å². The van der Waals surface area contributed by atoms with Gasteiger partial charge in [0, 0.05) is 29.8 Å². The Morgan fingerprint density at radius 3 is 2.50 bits per heavy atom. The minimum atomic E-state index is 0.0214. The predicted octanol–water partition coefficient (Wildman–Crippen LogP) is 1.85. The van der Waals surface area contributed by atoms with Crippen LogP contribution in [0.5, 0.6) is 0 Å². The number of aryl methyl sites for hydroxylation is 2. The number of aromatic nitrogens is 4. The molecule has 0 saturated carbocycles. The van der Waals surface area contributed by atoms with Gasteiger partial charge in [-0.15, -0.1) is 0 Å². The Kier molecular flexibility index (Phi) is 2.92. The molecule has 2 rings (SSSR count). The van der Waals surface area contributed by atoms with Crippen LogP contribution in [0.25, 0.3) is 0 Å². The second-order valence-corrected chi connectivity index (χ2v) is 5.80. The van der Waals surface area contributed by atoms with Crippen LogP contribution in [0.2, 0.25) is 0 Å². The molecule has 0 amide bonds. The number of hydrogen-bond donors (Lipinski definition) is 1. The third-order valence-electron chi connectivity index (χ3n) is 3.01. The second-order valence-electron chi connectivity index (χ2n) is 5.80. The van der Waals surface area contributed by atoms with Crippen molar-refractivity contribution in [2.75, 3.05) is 5.73 Å².